The second-order valence-electron chi connectivity index (χ2n) is 4.91. The number of esters is 1. The monoisotopic (exact) mass is 268 g/mol. The number of benzene rings is 1. The summed E-state index contributed by atoms with van der Waals surface area (Å²) in [7, 11) is 0. The molecule has 0 unspecified atom stereocenters. The van der Waals surface area contributed by atoms with E-state index in [2.05, 4.69) is 23.6 Å². The molecule has 1 aromatic carbocycles. The van der Waals surface area contributed by atoms with Crippen LogP contribution in [-0.4, -0.2) is 12.6 Å². The molecule has 19 heavy (non-hydrogen) atoms. The number of cyclic esters (lactones) is 1. The predicted molar refractivity (Wildman–Crippen MR) is 74.9 cm³/mol. The van der Waals surface area contributed by atoms with Crippen LogP contribution in [0.1, 0.15) is 16.0 Å². The van der Waals surface area contributed by atoms with E-state index >= 15 is 0 Å². The quantitative estimate of drug-likeness (QED) is 0.742. The Labute approximate surface area is 115 Å². The molecule has 1 fully saturated rings. The van der Waals surface area contributed by atoms with Gasteiger partial charge in [-0.2, -0.15) is 0 Å². The first kappa shape index (κ1) is 11.0. The fraction of sp³-hybridized carbons (Fsp3) is 0.188. The van der Waals surface area contributed by atoms with Gasteiger partial charge < -0.3 is 4.74 Å². The summed E-state index contributed by atoms with van der Waals surface area (Å²) >= 11 is 1.77. The number of rotatable bonds is 1. The van der Waals surface area contributed by atoms with Gasteiger partial charge in [-0.1, -0.05) is 30.3 Å². The molecular weight excluding hydrogens is 256 g/mol. The zero-order chi connectivity index (χ0) is 12.8. The number of thiophene rings is 1. The Balaban J connectivity index is 2.01. The van der Waals surface area contributed by atoms with Crippen molar-refractivity contribution in [1.29, 1.82) is 0 Å². The maximum absolute atomic E-state index is 12.0. The van der Waals surface area contributed by atoms with Gasteiger partial charge in [-0.05, 0) is 29.0 Å². The van der Waals surface area contributed by atoms with Gasteiger partial charge in [0.15, 0.2) is 0 Å². The van der Waals surface area contributed by atoms with Gasteiger partial charge in [-0.3, -0.25) is 0 Å². The van der Waals surface area contributed by atoms with Crippen LogP contribution >= 0.6 is 11.3 Å². The minimum atomic E-state index is -0.138. The predicted octanol–water partition coefficient (Wildman–Crippen LogP) is 3.28. The van der Waals surface area contributed by atoms with E-state index < -0.39 is 0 Å². The third-order valence-corrected chi connectivity index (χ3v) is 4.77. The molecule has 1 aliphatic heterocycles. The Morgan fingerprint density at radius 2 is 2.00 bits per heavy atom. The van der Waals surface area contributed by atoms with Crippen molar-refractivity contribution in [2.45, 2.75) is 6.42 Å². The van der Waals surface area contributed by atoms with Crippen LogP contribution in [0.3, 0.4) is 0 Å². The second kappa shape index (κ2) is 4.07. The van der Waals surface area contributed by atoms with Crippen LogP contribution in [0.4, 0.5) is 0 Å². The van der Waals surface area contributed by atoms with Crippen LogP contribution < -0.4 is 0 Å². The Morgan fingerprint density at radius 1 is 1.16 bits per heavy atom. The summed E-state index contributed by atoms with van der Waals surface area (Å²) in [6, 6.07) is 12.3. The lowest BCUT2D eigenvalue weighted by Crippen LogP contribution is -2.15. The lowest BCUT2D eigenvalue weighted by molar-refractivity contribution is -0.135. The van der Waals surface area contributed by atoms with Crippen LogP contribution in [0, 0.1) is 5.92 Å². The summed E-state index contributed by atoms with van der Waals surface area (Å²) in [5.74, 6) is 0.0922. The van der Waals surface area contributed by atoms with E-state index in [-0.39, 0.29) is 11.9 Å². The molecule has 0 saturated carbocycles. The van der Waals surface area contributed by atoms with Crippen molar-refractivity contribution >= 4 is 22.9 Å². The van der Waals surface area contributed by atoms with Crippen LogP contribution in [0.25, 0.3) is 5.57 Å². The summed E-state index contributed by atoms with van der Waals surface area (Å²) in [5.41, 5.74) is 4.27. The van der Waals surface area contributed by atoms with Gasteiger partial charge in [-0.15, -0.1) is 11.3 Å². The van der Waals surface area contributed by atoms with E-state index in [1.165, 1.54) is 10.4 Å². The molecule has 4 rings (SSSR count). The second-order valence-corrected chi connectivity index (χ2v) is 5.91. The largest absolute Gasteiger partial charge is 0.462 e. The number of hydrogen-bond acceptors (Lipinski definition) is 3. The van der Waals surface area contributed by atoms with E-state index in [4.69, 9.17) is 4.74 Å². The van der Waals surface area contributed by atoms with Crippen LogP contribution in [0.5, 0.6) is 0 Å². The highest BCUT2D eigenvalue weighted by Gasteiger charge is 2.38. The molecule has 1 saturated heterocycles. The highest BCUT2D eigenvalue weighted by Crippen LogP contribution is 2.43. The first-order valence-electron chi connectivity index (χ1n) is 6.38. The Hall–Kier alpha value is -1.87. The average molecular weight is 268 g/mol. The van der Waals surface area contributed by atoms with E-state index in [1.807, 2.05) is 18.2 Å². The van der Waals surface area contributed by atoms with Gasteiger partial charge in [0, 0.05) is 16.4 Å². The number of carbonyl (C=O) groups excluding carboxylic acids is 1. The highest BCUT2D eigenvalue weighted by molar-refractivity contribution is 7.10. The van der Waals surface area contributed by atoms with Gasteiger partial charge >= 0.3 is 5.97 Å². The molecule has 94 valence electrons. The number of hydrogen-bond donors (Lipinski definition) is 0. The van der Waals surface area contributed by atoms with Gasteiger partial charge in [0.05, 0.1) is 12.2 Å². The molecule has 1 atom stereocenters. The molecule has 1 aromatic heterocycles. The third-order valence-electron chi connectivity index (χ3n) is 3.82. The average Bonchev–Trinajstić information content (AvgIpc) is 3.05. The number of carbonyl (C=O) groups is 1. The van der Waals surface area contributed by atoms with Gasteiger partial charge in [-0.25, -0.2) is 4.79 Å². The molecule has 0 radical (unpaired) electrons. The van der Waals surface area contributed by atoms with Crippen molar-refractivity contribution in [1.82, 2.24) is 0 Å². The van der Waals surface area contributed by atoms with E-state index in [9.17, 15) is 4.79 Å². The van der Waals surface area contributed by atoms with E-state index in [0.717, 1.165) is 23.1 Å². The fourth-order valence-electron chi connectivity index (χ4n) is 2.98. The van der Waals surface area contributed by atoms with Crippen LogP contribution in [0.15, 0.2) is 47.4 Å². The Kier molecular flexibility index (Phi) is 2.35. The lowest BCUT2D eigenvalue weighted by atomic mass is 9.81. The normalized spacial score (nSPS) is 21.1. The summed E-state index contributed by atoms with van der Waals surface area (Å²) in [5, 5.41) is 2.11. The maximum Gasteiger partial charge on any atom is 0.335 e. The highest BCUT2D eigenvalue weighted by atomic mass is 32.1. The lowest BCUT2D eigenvalue weighted by Gasteiger charge is -2.21. The Bertz CT molecular complexity index is 682. The van der Waals surface area contributed by atoms with Crippen LogP contribution in [0.2, 0.25) is 0 Å². The first-order valence-corrected chi connectivity index (χ1v) is 7.26. The van der Waals surface area contributed by atoms with Gasteiger partial charge in [0.1, 0.15) is 0 Å². The fourth-order valence-corrected chi connectivity index (χ4v) is 3.94. The molecule has 0 amide bonds. The van der Waals surface area contributed by atoms with Crippen molar-refractivity contribution in [3.63, 3.8) is 0 Å². The molecule has 0 N–H and O–H groups in total. The third kappa shape index (κ3) is 1.58. The summed E-state index contributed by atoms with van der Waals surface area (Å²) < 4.78 is 5.26. The van der Waals surface area contributed by atoms with Crippen molar-refractivity contribution in [3.8, 4) is 0 Å². The first-order chi connectivity index (χ1) is 9.34. The van der Waals surface area contributed by atoms with Gasteiger partial charge in [0.2, 0.25) is 0 Å². The minimum absolute atomic E-state index is 0.138. The minimum Gasteiger partial charge on any atom is -0.462 e. The summed E-state index contributed by atoms with van der Waals surface area (Å²) in [6.45, 7) is 0.530. The molecule has 0 spiro atoms. The molecular formula is C16H12O2S. The standard InChI is InChI=1S/C16H12O2S/c17-16-15-11(9-18-16)8-13-12(6-7-19-13)14(15)10-4-2-1-3-5-10/h1-7,11H,8-9H2/t11-/m1/s1. The smallest absolute Gasteiger partial charge is 0.335 e. The zero-order valence-electron chi connectivity index (χ0n) is 10.3. The van der Waals surface area contributed by atoms with Crippen molar-refractivity contribution in [2.24, 2.45) is 5.92 Å². The zero-order valence-corrected chi connectivity index (χ0v) is 11.1. The number of ether oxygens (including phenoxy) is 1. The SMILES string of the molecule is O=C1OC[C@H]2Cc3sccc3C(c3ccccc3)=C12. The molecule has 3 heteroatoms. The molecule has 2 nitrogen and oxygen atoms in total. The molecule has 0 bridgehead atoms. The molecule has 2 aliphatic rings. The summed E-state index contributed by atoms with van der Waals surface area (Å²) in [6.07, 6.45) is 0.935. The van der Waals surface area contributed by atoms with E-state index in [1.54, 1.807) is 11.3 Å². The van der Waals surface area contributed by atoms with Crippen molar-refractivity contribution < 1.29 is 9.53 Å². The van der Waals surface area contributed by atoms with E-state index in [0.29, 0.717) is 6.61 Å². The topological polar surface area (TPSA) is 26.3 Å². The van der Waals surface area contributed by atoms with Gasteiger partial charge in [0.25, 0.3) is 0 Å². The van der Waals surface area contributed by atoms with Crippen molar-refractivity contribution in [3.05, 3.63) is 63.4 Å². The Morgan fingerprint density at radius 3 is 2.84 bits per heavy atom. The molecule has 1 aliphatic carbocycles. The van der Waals surface area contributed by atoms with Crippen molar-refractivity contribution in [2.75, 3.05) is 6.61 Å². The van der Waals surface area contributed by atoms with Crippen LogP contribution in [-0.2, 0) is 16.0 Å². The maximum atomic E-state index is 12.0. The molecule has 2 aromatic rings. The number of fused-ring (bicyclic) bond motifs is 2. The summed E-state index contributed by atoms with van der Waals surface area (Å²) in [4.78, 5) is 13.4. The molecule has 2 heterocycles.